The standard InChI is InChI=1S/C11H14FNO/c12-9-3-1-8(2-4-9)10-5-11(10,6-13)7-14/h1-4,10,14H,5-7,13H2/t10-,11-/m0/s1. The highest BCUT2D eigenvalue weighted by Gasteiger charge is 2.53. The lowest BCUT2D eigenvalue weighted by Crippen LogP contribution is -2.21. The van der Waals surface area contributed by atoms with Crippen LogP contribution in [0.2, 0.25) is 0 Å². The van der Waals surface area contributed by atoms with E-state index in [1.807, 2.05) is 0 Å². The van der Waals surface area contributed by atoms with Crippen molar-refractivity contribution in [3.8, 4) is 0 Å². The molecule has 2 rings (SSSR count). The Morgan fingerprint density at radius 2 is 2.07 bits per heavy atom. The second-order valence-electron chi connectivity index (χ2n) is 4.03. The maximum Gasteiger partial charge on any atom is 0.123 e. The van der Waals surface area contributed by atoms with Gasteiger partial charge in [0.05, 0.1) is 6.61 Å². The second-order valence-corrected chi connectivity index (χ2v) is 4.03. The predicted octanol–water partition coefficient (Wildman–Crippen LogP) is 1.25. The first-order chi connectivity index (χ1) is 6.72. The predicted molar refractivity (Wildman–Crippen MR) is 52.3 cm³/mol. The van der Waals surface area contributed by atoms with E-state index in [4.69, 9.17) is 5.73 Å². The number of nitrogens with two attached hydrogens (primary N) is 1. The van der Waals surface area contributed by atoms with Gasteiger partial charge in [-0.15, -0.1) is 0 Å². The summed E-state index contributed by atoms with van der Waals surface area (Å²) in [6.45, 7) is 0.608. The fraction of sp³-hybridized carbons (Fsp3) is 0.455. The van der Waals surface area contributed by atoms with Crippen LogP contribution < -0.4 is 5.73 Å². The Bertz CT molecular complexity index is 319. The number of hydrogen-bond donors (Lipinski definition) is 2. The van der Waals surface area contributed by atoms with Gasteiger partial charge in [0.2, 0.25) is 0 Å². The molecule has 1 aliphatic rings. The summed E-state index contributed by atoms with van der Waals surface area (Å²) in [4.78, 5) is 0. The Kier molecular flexibility index (Phi) is 2.29. The van der Waals surface area contributed by atoms with Crippen molar-refractivity contribution in [2.45, 2.75) is 12.3 Å². The fourth-order valence-corrected chi connectivity index (χ4v) is 1.98. The molecule has 14 heavy (non-hydrogen) atoms. The smallest absolute Gasteiger partial charge is 0.123 e. The minimum Gasteiger partial charge on any atom is -0.396 e. The summed E-state index contributed by atoms with van der Waals surface area (Å²) in [6, 6.07) is 6.44. The molecule has 1 aromatic carbocycles. The van der Waals surface area contributed by atoms with Crippen LogP contribution >= 0.6 is 0 Å². The van der Waals surface area contributed by atoms with Gasteiger partial charge in [0.15, 0.2) is 0 Å². The lowest BCUT2D eigenvalue weighted by Gasteiger charge is -2.10. The van der Waals surface area contributed by atoms with E-state index >= 15 is 0 Å². The van der Waals surface area contributed by atoms with Crippen molar-refractivity contribution in [3.63, 3.8) is 0 Å². The van der Waals surface area contributed by atoms with Crippen molar-refractivity contribution in [2.24, 2.45) is 11.1 Å². The van der Waals surface area contributed by atoms with Gasteiger partial charge < -0.3 is 10.8 Å². The third kappa shape index (κ3) is 1.42. The third-order valence-electron chi connectivity index (χ3n) is 3.18. The number of rotatable bonds is 3. The van der Waals surface area contributed by atoms with Gasteiger partial charge in [-0.1, -0.05) is 12.1 Å². The van der Waals surface area contributed by atoms with Gasteiger partial charge in [0.25, 0.3) is 0 Å². The Balaban J connectivity index is 2.16. The first-order valence-corrected chi connectivity index (χ1v) is 4.78. The molecule has 3 heteroatoms. The average molecular weight is 195 g/mol. The molecule has 2 nitrogen and oxygen atoms in total. The van der Waals surface area contributed by atoms with E-state index in [1.165, 1.54) is 12.1 Å². The summed E-state index contributed by atoms with van der Waals surface area (Å²) in [6.07, 6.45) is 0.908. The highest BCUT2D eigenvalue weighted by molar-refractivity contribution is 5.30. The van der Waals surface area contributed by atoms with Crippen LogP contribution in [0.25, 0.3) is 0 Å². The molecule has 1 aromatic rings. The number of benzene rings is 1. The molecule has 0 spiro atoms. The van der Waals surface area contributed by atoms with Crippen LogP contribution in [0.1, 0.15) is 17.9 Å². The Morgan fingerprint density at radius 3 is 2.50 bits per heavy atom. The van der Waals surface area contributed by atoms with Crippen LogP contribution in [0.3, 0.4) is 0 Å². The largest absolute Gasteiger partial charge is 0.396 e. The van der Waals surface area contributed by atoms with Crippen molar-refractivity contribution >= 4 is 0 Å². The van der Waals surface area contributed by atoms with Crippen molar-refractivity contribution in [3.05, 3.63) is 35.6 Å². The molecule has 1 saturated carbocycles. The van der Waals surface area contributed by atoms with Crippen molar-refractivity contribution < 1.29 is 9.50 Å². The zero-order chi connectivity index (χ0) is 10.2. The maximum atomic E-state index is 12.7. The molecule has 0 amide bonds. The van der Waals surface area contributed by atoms with Crippen LogP contribution in [0.5, 0.6) is 0 Å². The Morgan fingerprint density at radius 1 is 1.43 bits per heavy atom. The van der Waals surface area contributed by atoms with Crippen molar-refractivity contribution in [1.82, 2.24) is 0 Å². The highest BCUT2D eigenvalue weighted by Crippen LogP contribution is 2.58. The van der Waals surface area contributed by atoms with Crippen LogP contribution in [-0.2, 0) is 0 Å². The van der Waals surface area contributed by atoms with Crippen molar-refractivity contribution in [2.75, 3.05) is 13.2 Å². The van der Waals surface area contributed by atoms with Crippen LogP contribution in [0, 0.1) is 11.2 Å². The topological polar surface area (TPSA) is 46.2 Å². The van der Waals surface area contributed by atoms with Gasteiger partial charge in [0.1, 0.15) is 5.82 Å². The van der Waals surface area contributed by atoms with Gasteiger partial charge in [-0.25, -0.2) is 4.39 Å². The first kappa shape index (κ1) is 9.62. The summed E-state index contributed by atoms with van der Waals surface area (Å²) in [5.41, 5.74) is 6.54. The van der Waals surface area contributed by atoms with E-state index in [1.54, 1.807) is 12.1 Å². The molecule has 0 aliphatic heterocycles. The molecule has 0 heterocycles. The van der Waals surface area contributed by atoms with E-state index in [2.05, 4.69) is 0 Å². The second kappa shape index (κ2) is 3.33. The first-order valence-electron chi connectivity index (χ1n) is 4.78. The number of halogens is 1. The fourth-order valence-electron chi connectivity index (χ4n) is 1.98. The Hall–Kier alpha value is -0.930. The van der Waals surface area contributed by atoms with Crippen LogP contribution in [-0.4, -0.2) is 18.3 Å². The third-order valence-corrected chi connectivity index (χ3v) is 3.18. The van der Waals surface area contributed by atoms with Gasteiger partial charge in [0, 0.05) is 12.0 Å². The SMILES string of the molecule is NC[C@]1(CO)C[C@H]1c1ccc(F)cc1. The molecule has 0 radical (unpaired) electrons. The van der Waals surface area contributed by atoms with Crippen molar-refractivity contribution in [1.29, 1.82) is 0 Å². The molecule has 0 unspecified atom stereocenters. The maximum absolute atomic E-state index is 12.7. The Labute approximate surface area is 82.5 Å². The minimum absolute atomic E-state index is 0.117. The lowest BCUT2D eigenvalue weighted by atomic mass is 10.0. The van der Waals surface area contributed by atoms with E-state index in [0.29, 0.717) is 12.5 Å². The summed E-state index contributed by atoms with van der Waals surface area (Å²) < 4.78 is 12.7. The van der Waals surface area contributed by atoms with E-state index < -0.39 is 0 Å². The molecule has 0 bridgehead atoms. The molecule has 0 saturated heterocycles. The van der Waals surface area contributed by atoms with E-state index in [-0.39, 0.29) is 17.8 Å². The van der Waals surface area contributed by atoms with Gasteiger partial charge >= 0.3 is 0 Å². The van der Waals surface area contributed by atoms with Gasteiger partial charge in [-0.05, 0) is 30.0 Å². The molecular weight excluding hydrogens is 181 g/mol. The minimum atomic E-state index is -0.225. The number of hydrogen-bond acceptors (Lipinski definition) is 2. The molecular formula is C11H14FNO. The van der Waals surface area contributed by atoms with Gasteiger partial charge in [-0.3, -0.25) is 0 Å². The van der Waals surface area contributed by atoms with E-state index in [9.17, 15) is 9.50 Å². The molecule has 0 aromatic heterocycles. The van der Waals surface area contributed by atoms with Crippen LogP contribution in [0.4, 0.5) is 4.39 Å². The number of aliphatic hydroxyl groups excluding tert-OH is 1. The van der Waals surface area contributed by atoms with E-state index in [0.717, 1.165) is 12.0 Å². The molecule has 3 N–H and O–H groups in total. The summed E-state index contributed by atoms with van der Waals surface area (Å²) >= 11 is 0. The molecule has 1 fully saturated rings. The molecule has 76 valence electrons. The monoisotopic (exact) mass is 195 g/mol. The van der Waals surface area contributed by atoms with Gasteiger partial charge in [-0.2, -0.15) is 0 Å². The summed E-state index contributed by atoms with van der Waals surface area (Å²) in [7, 11) is 0. The summed E-state index contributed by atoms with van der Waals surface area (Å²) in [5.74, 6) is 0.0786. The quantitative estimate of drug-likeness (QED) is 0.762. The highest BCUT2D eigenvalue weighted by atomic mass is 19.1. The zero-order valence-electron chi connectivity index (χ0n) is 7.91. The summed E-state index contributed by atoms with van der Waals surface area (Å²) in [5, 5.41) is 9.19. The molecule has 1 aliphatic carbocycles. The number of aliphatic hydroxyl groups is 1. The zero-order valence-corrected chi connectivity index (χ0v) is 7.91. The lowest BCUT2D eigenvalue weighted by molar-refractivity contribution is 0.211. The normalized spacial score (nSPS) is 30.4. The molecule has 2 atom stereocenters. The average Bonchev–Trinajstić information content (AvgIpc) is 2.94. The van der Waals surface area contributed by atoms with Crippen LogP contribution in [0.15, 0.2) is 24.3 Å².